The van der Waals surface area contributed by atoms with Crippen molar-refractivity contribution in [2.45, 2.75) is 26.0 Å². The van der Waals surface area contributed by atoms with E-state index in [2.05, 4.69) is 0 Å². The van der Waals surface area contributed by atoms with E-state index >= 15 is 0 Å². The smallest absolute Gasteiger partial charge is 0.160 e. The molecule has 0 aromatic carbocycles. The van der Waals surface area contributed by atoms with Crippen LogP contribution >= 0.6 is 0 Å². The number of hydrogen-bond donors (Lipinski definition) is 3. The van der Waals surface area contributed by atoms with Crippen molar-refractivity contribution in [1.29, 1.82) is 0 Å². The third-order valence-electron chi connectivity index (χ3n) is 1.73. The number of allylic oxidation sites excluding steroid dienone is 2. The zero-order chi connectivity index (χ0) is 10.4. The van der Waals surface area contributed by atoms with Gasteiger partial charge in [0, 0.05) is 0 Å². The molecule has 0 bridgehead atoms. The largest absolute Gasteiger partial charge is 0.516 e. The number of carbonyl (C=O) groups excluding carboxylic acids is 1. The molecular formula is C9H15NO3. The topological polar surface area (TPSA) is 83.5 Å². The molecule has 0 amide bonds. The zero-order valence-corrected chi connectivity index (χ0v) is 7.77. The van der Waals surface area contributed by atoms with Gasteiger partial charge in [-0.25, -0.2) is 0 Å². The molecular weight excluding hydrogens is 170 g/mol. The third kappa shape index (κ3) is 3.87. The Labute approximate surface area is 77.4 Å². The van der Waals surface area contributed by atoms with E-state index in [0.717, 1.165) is 6.26 Å². The fourth-order valence-corrected chi connectivity index (χ4v) is 0.808. The van der Waals surface area contributed by atoms with Crippen molar-refractivity contribution in [2.75, 3.05) is 0 Å². The summed E-state index contributed by atoms with van der Waals surface area (Å²) in [4.78, 5) is 10.7. The minimum absolute atomic E-state index is 0.367. The van der Waals surface area contributed by atoms with E-state index in [4.69, 9.17) is 10.8 Å². The monoisotopic (exact) mass is 185 g/mol. The fraction of sp³-hybridized carbons (Fsp3) is 0.444. The number of rotatable bonds is 4. The van der Waals surface area contributed by atoms with E-state index in [1.165, 1.54) is 19.1 Å². The first-order valence-corrected chi connectivity index (χ1v) is 3.92. The van der Waals surface area contributed by atoms with Gasteiger partial charge in [0.15, 0.2) is 5.78 Å². The van der Waals surface area contributed by atoms with E-state index < -0.39 is 12.1 Å². The van der Waals surface area contributed by atoms with Crippen LogP contribution in [0.2, 0.25) is 0 Å². The van der Waals surface area contributed by atoms with Gasteiger partial charge in [0.1, 0.15) is 6.10 Å². The van der Waals surface area contributed by atoms with E-state index in [-0.39, 0.29) is 5.78 Å². The molecule has 0 rings (SSSR count). The van der Waals surface area contributed by atoms with E-state index in [1.807, 2.05) is 0 Å². The molecule has 0 radical (unpaired) electrons. The highest BCUT2D eigenvalue weighted by molar-refractivity contribution is 5.81. The average Bonchev–Trinajstić information content (AvgIpc) is 2.11. The van der Waals surface area contributed by atoms with Gasteiger partial charge in [0.25, 0.3) is 0 Å². The van der Waals surface area contributed by atoms with Crippen molar-refractivity contribution in [2.24, 2.45) is 5.73 Å². The Bertz CT molecular complexity index is 233. The fourth-order valence-electron chi connectivity index (χ4n) is 0.808. The Morgan fingerprint density at radius 1 is 1.46 bits per heavy atom. The van der Waals surface area contributed by atoms with Crippen LogP contribution in [0.3, 0.4) is 0 Å². The molecule has 4 N–H and O–H groups in total. The predicted molar refractivity (Wildman–Crippen MR) is 50.2 cm³/mol. The maximum Gasteiger partial charge on any atom is 0.160 e. The number of ketones is 1. The summed E-state index contributed by atoms with van der Waals surface area (Å²) in [5, 5.41) is 17.6. The summed E-state index contributed by atoms with van der Waals surface area (Å²) >= 11 is 0. The van der Waals surface area contributed by atoms with Gasteiger partial charge in [-0.1, -0.05) is 11.6 Å². The van der Waals surface area contributed by atoms with Gasteiger partial charge >= 0.3 is 0 Å². The number of carbonyl (C=O) groups is 1. The first-order chi connectivity index (χ1) is 6.00. The molecule has 74 valence electrons. The highest BCUT2D eigenvalue weighted by atomic mass is 16.3. The van der Waals surface area contributed by atoms with E-state index in [9.17, 15) is 9.90 Å². The molecule has 0 aliphatic rings. The lowest BCUT2D eigenvalue weighted by molar-refractivity contribution is -0.125. The third-order valence-corrected chi connectivity index (χ3v) is 1.73. The summed E-state index contributed by atoms with van der Waals surface area (Å²) < 4.78 is 0. The van der Waals surface area contributed by atoms with Crippen molar-refractivity contribution < 1.29 is 15.0 Å². The van der Waals surface area contributed by atoms with Crippen molar-refractivity contribution in [3.63, 3.8) is 0 Å². The Balaban J connectivity index is 4.41. The van der Waals surface area contributed by atoms with Crippen LogP contribution < -0.4 is 5.73 Å². The maximum absolute atomic E-state index is 10.7. The van der Waals surface area contributed by atoms with Gasteiger partial charge in [0.2, 0.25) is 0 Å². The maximum atomic E-state index is 10.7. The zero-order valence-electron chi connectivity index (χ0n) is 7.77. The van der Waals surface area contributed by atoms with Gasteiger partial charge in [-0.2, -0.15) is 0 Å². The van der Waals surface area contributed by atoms with Crippen molar-refractivity contribution in [1.82, 2.24) is 0 Å². The van der Waals surface area contributed by atoms with Gasteiger partial charge in [0.05, 0.1) is 12.3 Å². The number of aliphatic hydroxyl groups is 2. The molecule has 0 unspecified atom stereocenters. The first kappa shape index (κ1) is 11.9. The molecule has 0 aliphatic carbocycles. The molecule has 0 aromatic heterocycles. The van der Waals surface area contributed by atoms with Crippen LogP contribution in [0.15, 0.2) is 24.0 Å². The summed E-state index contributed by atoms with van der Waals surface area (Å²) in [6, 6.07) is -0.714. The lowest BCUT2D eigenvalue weighted by Gasteiger charge is -2.16. The first-order valence-electron chi connectivity index (χ1n) is 3.92. The summed E-state index contributed by atoms with van der Waals surface area (Å²) in [6.07, 6.45) is 2.60. The van der Waals surface area contributed by atoms with Gasteiger partial charge < -0.3 is 15.9 Å². The van der Waals surface area contributed by atoms with Crippen molar-refractivity contribution >= 4 is 5.78 Å². The Hall–Kier alpha value is -1.13. The molecule has 0 saturated carbocycles. The Morgan fingerprint density at radius 2 is 2.00 bits per heavy atom. The second-order valence-corrected chi connectivity index (χ2v) is 2.83. The SMILES string of the molecule is CC(=O)[C@H](O)[C@@H](N)/C(C)=C/C=C\O. The Morgan fingerprint density at radius 3 is 2.38 bits per heavy atom. The normalized spacial score (nSPS) is 17.4. The van der Waals surface area contributed by atoms with Crippen molar-refractivity contribution in [3.8, 4) is 0 Å². The molecule has 0 aliphatic heterocycles. The highest BCUT2D eigenvalue weighted by Crippen LogP contribution is 2.04. The molecule has 0 spiro atoms. The quantitative estimate of drug-likeness (QED) is 0.434. The number of aliphatic hydroxyl groups excluding tert-OH is 2. The van der Waals surface area contributed by atoms with Crippen LogP contribution in [0.1, 0.15) is 13.8 Å². The molecule has 2 atom stereocenters. The van der Waals surface area contributed by atoms with Gasteiger partial charge in [-0.3, -0.25) is 4.79 Å². The van der Waals surface area contributed by atoms with Gasteiger partial charge in [-0.05, 0) is 19.9 Å². The molecule has 0 fully saturated rings. The number of hydrogen-bond acceptors (Lipinski definition) is 4. The second-order valence-electron chi connectivity index (χ2n) is 2.83. The van der Waals surface area contributed by atoms with Crippen LogP contribution in [-0.2, 0) is 4.79 Å². The molecule has 0 saturated heterocycles. The minimum Gasteiger partial charge on any atom is -0.516 e. The summed E-state index contributed by atoms with van der Waals surface area (Å²) in [6.45, 7) is 2.95. The number of nitrogens with two attached hydrogens (primary N) is 1. The summed E-state index contributed by atoms with van der Waals surface area (Å²) in [7, 11) is 0. The van der Waals surface area contributed by atoms with Crippen LogP contribution in [0, 0.1) is 0 Å². The second kappa shape index (κ2) is 5.50. The van der Waals surface area contributed by atoms with Crippen LogP contribution in [0.25, 0.3) is 0 Å². The minimum atomic E-state index is -1.18. The van der Waals surface area contributed by atoms with Gasteiger partial charge in [-0.15, -0.1) is 0 Å². The summed E-state index contributed by atoms with van der Waals surface area (Å²) in [5.41, 5.74) is 6.18. The van der Waals surface area contributed by atoms with E-state index in [1.54, 1.807) is 6.92 Å². The molecule has 0 aromatic rings. The molecule has 0 heterocycles. The lowest BCUT2D eigenvalue weighted by atomic mass is 10.0. The highest BCUT2D eigenvalue weighted by Gasteiger charge is 2.19. The Kier molecular flexibility index (Phi) is 5.03. The van der Waals surface area contributed by atoms with Crippen LogP contribution in [-0.4, -0.2) is 28.1 Å². The van der Waals surface area contributed by atoms with E-state index in [0.29, 0.717) is 5.57 Å². The molecule has 4 heteroatoms. The van der Waals surface area contributed by atoms with Crippen LogP contribution in [0.4, 0.5) is 0 Å². The molecule has 4 nitrogen and oxygen atoms in total. The standard InChI is InChI=1S/C9H15NO3/c1-6(4-3-5-11)8(10)9(13)7(2)12/h3-5,8-9,11,13H,10H2,1-2H3/b5-3-,6-4+/t8-,9-/m0/s1. The number of Topliss-reactive ketones (excluding diaryl/α,β-unsaturated/α-hetero) is 1. The predicted octanol–water partition coefficient (Wildman–Crippen LogP) is 0.282. The lowest BCUT2D eigenvalue weighted by Crippen LogP contribution is -2.40. The summed E-state index contributed by atoms with van der Waals surface area (Å²) in [5.74, 6) is -0.367. The van der Waals surface area contributed by atoms with Crippen LogP contribution in [0.5, 0.6) is 0 Å². The average molecular weight is 185 g/mol. The molecule has 13 heavy (non-hydrogen) atoms. The van der Waals surface area contributed by atoms with Crippen molar-refractivity contribution in [3.05, 3.63) is 24.0 Å².